The van der Waals surface area contributed by atoms with Crippen LogP contribution in [-0.2, 0) is 38.3 Å². The van der Waals surface area contributed by atoms with Gasteiger partial charge < -0.3 is 9.80 Å². The van der Waals surface area contributed by atoms with Gasteiger partial charge in [0.2, 0.25) is 0 Å². The van der Waals surface area contributed by atoms with Crippen LogP contribution < -0.4 is 9.80 Å². The molecule has 1 heterocycles. The number of aromatic nitrogens is 1. The third kappa shape index (κ3) is 7.49. The summed E-state index contributed by atoms with van der Waals surface area (Å²) in [7, 11) is 0. The third-order valence-corrected chi connectivity index (χ3v) is 8.87. The summed E-state index contributed by atoms with van der Waals surface area (Å²) >= 11 is 1.32. The van der Waals surface area contributed by atoms with Crippen molar-refractivity contribution in [2.24, 2.45) is 5.92 Å². The molecule has 0 aliphatic heterocycles. The molecular formula is C30H34ClF6N3S. The fourth-order valence-electron chi connectivity index (χ4n) is 6.09. The highest BCUT2D eigenvalue weighted by Gasteiger charge is 2.37. The van der Waals surface area contributed by atoms with Crippen LogP contribution >= 0.6 is 23.7 Å². The second-order valence-corrected chi connectivity index (χ2v) is 11.8. The number of fused-ring (bicyclic) bond motifs is 1. The van der Waals surface area contributed by atoms with Crippen LogP contribution in [0.5, 0.6) is 0 Å². The summed E-state index contributed by atoms with van der Waals surface area (Å²) < 4.78 is 81.4. The normalized spacial score (nSPS) is 15.6. The van der Waals surface area contributed by atoms with E-state index in [9.17, 15) is 26.3 Å². The van der Waals surface area contributed by atoms with Gasteiger partial charge in [0.25, 0.3) is 0 Å². The molecular weight excluding hydrogens is 584 g/mol. The van der Waals surface area contributed by atoms with E-state index in [1.807, 2.05) is 0 Å². The van der Waals surface area contributed by atoms with E-state index >= 15 is 0 Å². The van der Waals surface area contributed by atoms with Crippen LogP contribution in [0.3, 0.4) is 0 Å². The van der Waals surface area contributed by atoms with E-state index in [1.165, 1.54) is 48.1 Å². The highest BCUT2D eigenvalue weighted by molar-refractivity contribution is 7.13. The smallest absolute Gasteiger partial charge is 0.371 e. The molecule has 1 saturated carbocycles. The highest BCUT2D eigenvalue weighted by Crippen LogP contribution is 2.38. The monoisotopic (exact) mass is 617 g/mol. The van der Waals surface area contributed by atoms with Gasteiger partial charge in [-0.05, 0) is 91.5 Å². The lowest BCUT2D eigenvalue weighted by atomic mass is 10.0. The number of benzene rings is 2. The van der Waals surface area contributed by atoms with Gasteiger partial charge in [-0.15, -0.1) is 23.7 Å². The van der Waals surface area contributed by atoms with Crippen molar-refractivity contribution in [2.45, 2.75) is 77.3 Å². The van der Waals surface area contributed by atoms with Crippen molar-refractivity contribution >= 4 is 34.6 Å². The molecule has 2 aliphatic carbocycles. The number of aryl methyl sites for hydroxylation is 2. The van der Waals surface area contributed by atoms with Crippen LogP contribution in [-0.4, -0.2) is 18.1 Å². The lowest BCUT2D eigenvalue weighted by Crippen LogP contribution is -2.31. The van der Waals surface area contributed by atoms with Gasteiger partial charge in [0, 0.05) is 43.4 Å². The Kier molecular flexibility index (Phi) is 9.84. The van der Waals surface area contributed by atoms with E-state index in [-0.39, 0.29) is 30.6 Å². The molecule has 0 radical (unpaired) electrons. The highest BCUT2D eigenvalue weighted by atomic mass is 35.5. The molecule has 41 heavy (non-hydrogen) atoms. The SMILES string of the molecule is CCN(CC1CCCC1)c1cc2c(cc1CN(Cc1cc(C(F)(F)F)cc(C(F)(F)F)c1)c1nccs1)CCC2.Cl. The van der Waals surface area contributed by atoms with Crippen molar-refractivity contribution in [2.75, 3.05) is 22.9 Å². The van der Waals surface area contributed by atoms with E-state index in [0.717, 1.165) is 55.7 Å². The molecule has 0 N–H and O–H groups in total. The van der Waals surface area contributed by atoms with Gasteiger partial charge in [0.1, 0.15) is 0 Å². The molecule has 0 bridgehead atoms. The Labute approximate surface area is 247 Å². The molecule has 1 aromatic heterocycles. The van der Waals surface area contributed by atoms with Crippen LogP contribution in [0.1, 0.15) is 72.4 Å². The molecule has 5 rings (SSSR count). The first kappa shape index (κ1) is 31.5. The maximum Gasteiger partial charge on any atom is 0.416 e. The second kappa shape index (κ2) is 12.8. The molecule has 0 saturated heterocycles. The summed E-state index contributed by atoms with van der Waals surface area (Å²) in [5.74, 6) is 0.627. The largest absolute Gasteiger partial charge is 0.416 e. The first-order chi connectivity index (χ1) is 19.0. The molecule has 0 unspecified atom stereocenters. The third-order valence-electron chi connectivity index (χ3n) is 8.04. The Hall–Kier alpha value is -2.46. The van der Waals surface area contributed by atoms with E-state index in [0.29, 0.717) is 17.6 Å². The Morgan fingerprint density at radius 2 is 1.46 bits per heavy atom. The number of halogens is 7. The van der Waals surface area contributed by atoms with Gasteiger partial charge in [-0.3, -0.25) is 0 Å². The molecule has 224 valence electrons. The topological polar surface area (TPSA) is 19.4 Å². The van der Waals surface area contributed by atoms with Crippen LogP contribution in [0.4, 0.5) is 37.2 Å². The lowest BCUT2D eigenvalue weighted by Gasteiger charge is -2.31. The van der Waals surface area contributed by atoms with Crippen molar-refractivity contribution in [1.29, 1.82) is 0 Å². The summed E-state index contributed by atoms with van der Waals surface area (Å²) in [4.78, 5) is 8.58. The van der Waals surface area contributed by atoms with E-state index < -0.39 is 23.5 Å². The lowest BCUT2D eigenvalue weighted by molar-refractivity contribution is -0.143. The molecule has 11 heteroatoms. The number of alkyl halides is 6. The number of anilines is 2. The molecule has 1 fully saturated rings. The first-order valence-electron chi connectivity index (χ1n) is 13.8. The minimum Gasteiger partial charge on any atom is -0.371 e. The first-order valence-corrected chi connectivity index (χ1v) is 14.7. The van der Waals surface area contributed by atoms with Crippen molar-refractivity contribution < 1.29 is 26.3 Å². The summed E-state index contributed by atoms with van der Waals surface area (Å²) in [6, 6.07) is 6.28. The molecule has 0 atom stereocenters. The Bertz CT molecular complexity index is 1270. The fraction of sp³-hybridized carbons (Fsp3) is 0.500. The maximum atomic E-state index is 13.6. The van der Waals surface area contributed by atoms with Gasteiger partial charge in [-0.25, -0.2) is 4.98 Å². The summed E-state index contributed by atoms with van der Waals surface area (Å²) in [6.45, 7) is 4.09. The summed E-state index contributed by atoms with van der Waals surface area (Å²) in [5, 5.41) is 2.31. The van der Waals surface area contributed by atoms with E-state index in [4.69, 9.17) is 0 Å². The molecule has 2 aromatic carbocycles. The van der Waals surface area contributed by atoms with Gasteiger partial charge in [-0.2, -0.15) is 26.3 Å². The molecule has 3 nitrogen and oxygen atoms in total. The van der Waals surface area contributed by atoms with E-state index in [2.05, 4.69) is 28.9 Å². The van der Waals surface area contributed by atoms with Gasteiger partial charge in [0.05, 0.1) is 11.1 Å². The van der Waals surface area contributed by atoms with Gasteiger partial charge in [0.15, 0.2) is 5.13 Å². The molecule has 3 aromatic rings. The predicted molar refractivity (Wildman–Crippen MR) is 154 cm³/mol. The fourth-order valence-corrected chi connectivity index (χ4v) is 6.73. The van der Waals surface area contributed by atoms with Crippen LogP contribution in [0.15, 0.2) is 41.9 Å². The number of nitrogens with zero attached hydrogens (tertiary/aromatic N) is 3. The Balaban J connectivity index is 0.00000387. The molecule has 2 aliphatic rings. The van der Waals surface area contributed by atoms with Gasteiger partial charge >= 0.3 is 12.4 Å². The zero-order chi connectivity index (χ0) is 28.5. The average molecular weight is 618 g/mol. The zero-order valence-corrected chi connectivity index (χ0v) is 24.5. The predicted octanol–water partition coefficient (Wildman–Crippen LogP) is 9.31. The minimum atomic E-state index is -4.89. The average Bonchev–Trinajstić information content (AvgIpc) is 3.68. The molecule has 0 spiro atoms. The van der Waals surface area contributed by atoms with Crippen molar-refractivity contribution in [1.82, 2.24) is 4.98 Å². The quantitative estimate of drug-likeness (QED) is 0.223. The van der Waals surface area contributed by atoms with E-state index in [1.54, 1.807) is 16.5 Å². The second-order valence-electron chi connectivity index (χ2n) is 10.9. The number of hydrogen-bond donors (Lipinski definition) is 0. The van der Waals surface area contributed by atoms with Gasteiger partial charge in [-0.1, -0.05) is 18.9 Å². The standard InChI is InChI=1S/C30H33F6N3S.ClH/c1-2-38(17-20-6-3-4-7-20)27-15-23-9-5-8-22(23)14-24(27)19-39(28-37-10-11-40-28)18-21-12-25(29(31,32)33)16-26(13-21)30(34,35)36;/h10-16,20H,2-9,17-19H2,1H3;1H. The van der Waals surface area contributed by atoms with Crippen molar-refractivity contribution in [3.8, 4) is 0 Å². The van der Waals surface area contributed by atoms with Crippen LogP contribution in [0.25, 0.3) is 0 Å². The van der Waals surface area contributed by atoms with Crippen LogP contribution in [0, 0.1) is 5.92 Å². The van der Waals surface area contributed by atoms with Crippen LogP contribution in [0.2, 0.25) is 0 Å². The number of hydrogen-bond acceptors (Lipinski definition) is 4. The van der Waals surface area contributed by atoms with Crippen molar-refractivity contribution in [3.63, 3.8) is 0 Å². The Morgan fingerprint density at radius 3 is 2.02 bits per heavy atom. The number of rotatable bonds is 9. The molecule has 0 amide bonds. The Morgan fingerprint density at radius 1 is 0.829 bits per heavy atom. The number of thiazole rings is 1. The summed E-state index contributed by atoms with van der Waals surface area (Å²) in [6.07, 6.45) is -0.217. The van der Waals surface area contributed by atoms with Crippen molar-refractivity contribution in [3.05, 3.63) is 75.3 Å². The minimum absolute atomic E-state index is 0. The maximum absolute atomic E-state index is 13.6. The zero-order valence-electron chi connectivity index (χ0n) is 22.8. The summed E-state index contributed by atoms with van der Waals surface area (Å²) in [5.41, 5.74) is 2.07.